The van der Waals surface area contributed by atoms with Crippen molar-refractivity contribution in [3.8, 4) is 0 Å². The van der Waals surface area contributed by atoms with E-state index >= 15 is 0 Å². The molecule has 0 unspecified atom stereocenters. The predicted octanol–water partition coefficient (Wildman–Crippen LogP) is -0.140. The van der Waals surface area contributed by atoms with Crippen molar-refractivity contribution in [1.82, 2.24) is 9.88 Å². The number of hydrogen-bond acceptors (Lipinski definition) is 3. The number of nitrogens with one attached hydrogen (secondary N) is 1. The van der Waals surface area contributed by atoms with E-state index in [9.17, 15) is 4.79 Å². The number of anilines is 1. The van der Waals surface area contributed by atoms with Gasteiger partial charge in [0.15, 0.2) is 0 Å². The number of amides is 1. The van der Waals surface area contributed by atoms with Crippen LogP contribution in [0.2, 0.25) is 0 Å². The van der Waals surface area contributed by atoms with Crippen LogP contribution in [0, 0.1) is 0 Å². The van der Waals surface area contributed by atoms with Crippen LogP contribution < -0.4 is 11.1 Å². The van der Waals surface area contributed by atoms with E-state index in [2.05, 4.69) is 5.32 Å². The number of aliphatic hydroxyl groups is 1. The molecule has 1 heterocycles. The molecule has 82 valence electrons. The molecule has 0 aromatic carbocycles. The van der Waals surface area contributed by atoms with E-state index in [4.69, 9.17) is 10.8 Å². The second kappa shape index (κ2) is 3.58. The molecule has 1 aliphatic carbocycles. The Morgan fingerprint density at radius 2 is 2.33 bits per heavy atom. The first kappa shape index (κ1) is 10.0. The molecule has 15 heavy (non-hydrogen) atoms. The zero-order valence-corrected chi connectivity index (χ0v) is 8.60. The SMILES string of the molecule is Cn1cc(N)cc1C(=O)NC1CC(O)C1. The topological polar surface area (TPSA) is 80.3 Å². The second-order valence-corrected chi connectivity index (χ2v) is 4.07. The molecule has 4 N–H and O–H groups in total. The summed E-state index contributed by atoms with van der Waals surface area (Å²) in [5.41, 5.74) is 6.71. The fourth-order valence-electron chi connectivity index (χ4n) is 1.78. The zero-order chi connectivity index (χ0) is 11.0. The van der Waals surface area contributed by atoms with Crippen molar-refractivity contribution < 1.29 is 9.90 Å². The molecule has 5 nitrogen and oxygen atoms in total. The molecule has 1 aliphatic rings. The Kier molecular flexibility index (Phi) is 2.40. The van der Waals surface area contributed by atoms with Gasteiger partial charge in [-0.15, -0.1) is 0 Å². The minimum absolute atomic E-state index is 0.101. The summed E-state index contributed by atoms with van der Waals surface area (Å²) in [6.07, 6.45) is 2.73. The van der Waals surface area contributed by atoms with Crippen molar-refractivity contribution in [2.24, 2.45) is 7.05 Å². The summed E-state index contributed by atoms with van der Waals surface area (Å²) >= 11 is 0. The van der Waals surface area contributed by atoms with Crippen LogP contribution in [0.3, 0.4) is 0 Å². The first-order valence-corrected chi connectivity index (χ1v) is 4.97. The molecule has 0 radical (unpaired) electrons. The first-order chi connectivity index (χ1) is 7.06. The van der Waals surface area contributed by atoms with E-state index in [0.29, 0.717) is 24.2 Å². The number of aromatic nitrogens is 1. The summed E-state index contributed by atoms with van der Waals surface area (Å²) in [5, 5.41) is 11.9. The van der Waals surface area contributed by atoms with Crippen molar-refractivity contribution in [3.63, 3.8) is 0 Å². The summed E-state index contributed by atoms with van der Waals surface area (Å²) < 4.78 is 1.69. The van der Waals surface area contributed by atoms with E-state index in [1.807, 2.05) is 0 Å². The van der Waals surface area contributed by atoms with E-state index in [1.54, 1.807) is 23.9 Å². The molecule has 0 atom stereocenters. The van der Waals surface area contributed by atoms with Crippen molar-refractivity contribution in [3.05, 3.63) is 18.0 Å². The van der Waals surface area contributed by atoms with Gasteiger partial charge in [0.2, 0.25) is 0 Å². The molecule has 1 aromatic heterocycles. The highest BCUT2D eigenvalue weighted by Crippen LogP contribution is 2.20. The molecular formula is C10H15N3O2. The lowest BCUT2D eigenvalue weighted by molar-refractivity contribution is 0.0559. The largest absolute Gasteiger partial charge is 0.397 e. The summed E-state index contributed by atoms with van der Waals surface area (Å²) in [5.74, 6) is -0.133. The van der Waals surface area contributed by atoms with Crippen LogP contribution in [-0.4, -0.2) is 27.7 Å². The second-order valence-electron chi connectivity index (χ2n) is 4.07. The van der Waals surface area contributed by atoms with Crippen LogP contribution in [0.25, 0.3) is 0 Å². The normalized spacial score (nSPS) is 24.7. The lowest BCUT2D eigenvalue weighted by Gasteiger charge is -2.31. The monoisotopic (exact) mass is 209 g/mol. The van der Waals surface area contributed by atoms with E-state index in [-0.39, 0.29) is 18.1 Å². The van der Waals surface area contributed by atoms with Crippen LogP contribution >= 0.6 is 0 Å². The maximum absolute atomic E-state index is 11.7. The van der Waals surface area contributed by atoms with E-state index in [0.717, 1.165) is 0 Å². The number of rotatable bonds is 2. The summed E-state index contributed by atoms with van der Waals surface area (Å²) in [6, 6.07) is 1.74. The highest BCUT2D eigenvalue weighted by Gasteiger charge is 2.29. The van der Waals surface area contributed by atoms with Gasteiger partial charge in [0.25, 0.3) is 5.91 Å². The Morgan fingerprint density at radius 1 is 1.67 bits per heavy atom. The third kappa shape index (κ3) is 1.97. The fourth-order valence-corrected chi connectivity index (χ4v) is 1.78. The number of nitrogens with two attached hydrogens (primary N) is 1. The Hall–Kier alpha value is -1.49. The quantitative estimate of drug-likeness (QED) is 0.634. The Labute approximate surface area is 87.9 Å². The highest BCUT2D eigenvalue weighted by atomic mass is 16.3. The molecule has 0 saturated heterocycles. The average Bonchev–Trinajstić information content (AvgIpc) is 2.42. The van der Waals surface area contributed by atoms with Crippen LogP contribution in [0.5, 0.6) is 0 Å². The van der Waals surface area contributed by atoms with Gasteiger partial charge in [-0.05, 0) is 18.9 Å². The first-order valence-electron chi connectivity index (χ1n) is 4.97. The van der Waals surface area contributed by atoms with Gasteiger partial charge < -0.3 is 20.7 Å². The van der Waals surface area contributed by atoms with Gasteiger partial charge in [0.05, 0.1) is 11.8 Å². The fraction of sp³-hybridized carbons (Fsp3) is 0.500. The molecule has 0 aliphatic heterocycles. The zero-order valence-electron chi connectivity index (χ0n) is 8.60. The number of hydrogen-bond donors (Lipinski definition) is 3. The average molecular weight is 209 g/mol. The van der Waals surface area contributed by atoms with Crippen molar-refractivity contribution >= 4 is 11.6 Å². The maximum Gasteiger partial charge on any atom is 0.268 e. The van der Waals surface area contributed by atoms with Crippen molar-refractivity contribution in [2.75, 3.05) is 5.73 Å². The summed E-state index contributed by atoms with van der Waals surface area (Å²) in [4.78, 5) is 11.7. The van der Waals surface area contributed by atoms with Crippen LogP contribution in [0.15, 0.2) is 12.3 Å². The van der Waals surface area contributed by atoms with Gasteiger partial charge in [-0.1, -0.05) is 0 Å². The van der Waals surface area contributed by atoms with Crippen molar-refractivity contribution in [2.45, 2.75) is 25.0 Å². The van der Waals surface area contributed by atoms with Crippen LogP contribution in [0.4, 0.5) is 5.69 Å². The van der Waals surface area contributed by atoms with Crippen LogP contribution in [-0.2, 0) is 7.05 Å². The Balaban J connectivity index is 1.99. The van der Waals surface area contributed by atoms with E-state index < -0.39 is 0 Å². The molecule has 1 fully saturated rings. The molecule has 1 aromatic rings. The summed E-state index contributed by atoms with van der Waals surface area (Å²) in [7, 11) is 1.78. The number of aliphatic hydroxyl groups excluding tert-OH is 1. The molecular weight excluding hydrogens is 194 g/mol. The predicted molar refractivity (Wildman–Crippen MR) is 56.3 cm³/mol. The number of nitrogen functional groups attached to an aromatic ring is 1. The molecule has 1 amide bonds. The maximum atomic E-state index is 11.7. The lowest BCUT2D eigenvalue weighted by Crippen LogP contribution is -2.47. The molecule has 0 spiro atoms. The minimum Gasteiger partial charge on any atom is -0.397 e. The van der Waals surface area contributed by atoms with Gasteiger partial charge in [-0.2, -0.15) is 0 Å². The van der Waals surface area contributed by atoms with Gasteiger partial charge in [-0.25, -0.2) is 0 Å². The van der Waals surface area contributed by atoms with Crippen LogP contribution in [0.1, 0.15) is 23.3 Å². The third-order valence-corrected chi connectivity index (χ3v) is 2.71. The number of nitrogens with zero attached hydrogens (tertiary/aromatic N) is 1. The molecule has 2 rings (SSSR count). The number of aryl methyl sites for hydroxylation is 1. The lowest BCUT2D eigenvalue weighted by atomic mass is 9.89. The standard InChI is InChI=1S/C10H15N3O2/c1-13-5-6(11)2-9(13)10(15)12-7-3-8(14)4-7/h2,5,7-8,14H,3-4,11H2,1H3,(H,12,15). The van der Waals surface area contributed by atoms with Gasteiger partial charge in [0.1, 0.15) is 5.69 Å². The highest BCUT2D eigenvalue weighted by molar-refractivity contribution is 5.94. The Morgan fingerprint density at radius 3 is 2.80 bits per heavy atom. The summed E-state index contributed by atoms with van der Waals surface area (Å²) in [6.45, 7) is 0. The Bertz CT molecular complexity index is 380. The smallest absolute Gasteiger partial charge is 0.268 e. The third-order valence-electron chi connectivity index (χ3n) is 2.71. The molecule has 0 bridgehead atoms. The number of carbonyl (C=O) groups is 1. The molecule has 1 saturated carbocycles. The van der Waals surface area contributed by atoms with E-state index in [1.165, 1.54) is 0 Å². The van der Waals surface area contributed by atoms with Gasteiger partial charge in [-0.3, -0.25) is 4.79 Å². The molecule has 5 heteroatoms. The minimum atomic E-state index is -0.256. The number of carbonyl (C=O) groups excluding carboxylic acids is 1. The van der Waals surface area contributed by atoms with Gasteiger partial charge in [0, 0.05) is 19.3 Å². The van der Waals surface area contributed by atoms with Gasteiger partial charge >= 0.3 is 0 Å². The van der Waals surface area contributed by atoms with Crippen molar-refractivity contribution in [1.29, 1.82) is 0 Å².